The SMILES string of the molecule is O=C(Nc1ccccc1-c1nc2cccnc2s1)c1cc(NCCN2CCC(O)CC2)nc(-c2ccccc2)n1. The van der Waals surface area contributed by atoms with Crippen LogP contribution in [0.4, 0.5) is 11.5 Å². The molecule has 1 amide bonds. The summed E-state index contributed by atoms with van der Waals surface area (Å²) in [6.45, 7) is 3.24. The van der Waals surface area contributed by atoms with Crippen LogP contribution in [0.2, 0.25) is 0 Å². The number of pyridine rings is 1. The first-order chi connectivity index (χ1) is 19.6. The van der Waals surface area contributed by atoms with Crippen LogP contribution in [0.15, 0.2) is 79.0 Å². The van der Waals surface area contributed by atoms with E-state index in [4.69, 9.17) is 9.97 Å². The van der Waals surface area contributed by atoms with Crippen molar-refractivity contribution in [1.29, 1.82) is 0 Å². The number of piperidine rings is 1. The van der Waals surface area contributed by atoms with Gasteiger partial charge in [0.1, 0.15) is 26.9 Å². The number of rotatable bonds is 8. The molecule has 0 saturated carbocycles. The van der Waals surface area contributed by atoms with Gasteiger partial charge < -0.3 is 20.6 Å². The third-order valence-corrected chi connectivity index (χ3v) is 7.87. The summed E-state index contributed by atoms with van der Waals surface area (Å²) in [6, 6.07) is 22.7. The maximum Gasteiger partial charge on any atom is 0.274 e. The fraction of sp³-hybridized carbons (Fsp3) is 0.233. The summed E-state index contributed by atoms with van der Waals surface area (Å²) in [5.41, 5.74) is 3.38. The van der Waals surface area contributed by atoms with E-state index in [0.717, 1.165) is 59.0 Å². The number of carbonyl (C=O) groups excluding carboxylic acids is 1. The molecular weight excluding hydrogens is 522 g/mol. The highest BCUT2D eigenvalue weighted by atomic mass is 32.1. The summed E-state index contributed by atoms with van der Waals surface area (Å²) in [4.78, 5) is 35.2. The lowest BCUT2D eigenvalue weighted by atomic mass is 10.1. The summed E-state index contributed by atoms with van der Waals surface area (Å²) < 4.78 is 0. The van der Waals surface area contributed by atoms with E-state index in [1.807, 2.05) is 66.7 Å². The largest absolute Gasteiger partial charge is 0.393 e. The van der Waals surface area contributed by atoms with Gasteiger partial charge in [0.25, 0.3) is 5.91 Å². The van der Waals surface area contributed by atoms with Gasteiger partial charge >= 0.3 is 0 Å². The molecule has 0 spiro atoms. The third-order valence-electron chi connectivity index (χ3n) is 6.85. The number of likely N-dealkylation sites (tertiary alicyclic amines) is 1. The molecule has 1 saturated heterocycles. The number of nitrogens with one attached hydrogen (secondary N) is 2. The molecule has 40 heavy (non-hydrogen) atoms. The standard InChI is InChI=1S/C30H29N7O2S/c38-21-12-16-37(17-13-21)18-15-31-26-19-25(33-27(36-26)20-7-2-1-3-8-20)28(39)34-23-10-5-4-9-22(23)29-35-24-11-6-14-32-30(24)40-29/h1-11,14,19,21,38H,12-13,15-18H2,(H,34,39)(H,31,33,36). The van der Waals surface area contributed by atoms with Crippen molar-refractivity contribution in [1.82, 2.24) is 24.8 Å². The van der Waals surface area contributed by atoms with E-state index in [-0.39, 0.29) is 17.7 Å². The number of carbonyl (C=O) groups is 1. The number of aliphatic hydroxyl groups is 1. The van der Waals surface area contributed by atoms with Gasteiger partial charge in [0.05, 0.1) is 11.8 Å². The summed E-state index contributed by atoms with van der Waals surface area (Å²) in [5, 5.41) is 17.0. The average molecular weight is 552 g/mol. The Balaban J connectivity index is 1.24. The molecule has 1 aliphatic rings. The molecule has 0 radical (unpaired) electrons. The van der Waals surface area contributed by atoms with Crippen LogP contribution in [0, 0.1) is 0 Å². The Kier molecular flexibility index (Phi) is 7.71. The van der Waals surface area contributed by atoms with E-state index >= 15 is 0 Å². The number of hydrogen-bond acceptors (Lipinski definition) is 9. The van der Waals surface area contributed by atoms with Gasteiger partial charge in [-0.2, -0.15) is 0 Å². The lowest BCUT2D eigenvalue weighted by molar-refractivity contribution is 0.0845. The van der Waals surface area contributed by atoms with Crippen LogP contribution in [-0.2, 0) is 0 Å². The van der Waals surface area contributed by atoms with E-state index < -0.39 is 0 Å². The van der Waals surface area contributed by atoms with Crippen LogP contribution < -0.4 is 10.6 Å². The van der Waals surface area contributed by atoms with Gasteiger partial charge in [-0.25, -0.2) is 19.9 Å². The molecule has 10 heteroatoms. The number of benzene rings is 2. The van der Waals surface area contributed by atoms with Crippen LogP contribution in [0.5, 0.6) is 0 Å². The number of thiazole rings is 1. The number of anilines is 2. The molecule has 5 aromatic rings. The molecule has 9 nitrogen and oxygen atoms in total. The number of aliphatic hydroxyl groups excluding tert-OH is 1. The molecule has 2 aromatic carbocycles. The van der Waals surface area contributed by atoms with Gasteiger partial charge in [-0.05, 0) is 37.1 Å². The van der Waals surface area contributed by atoms with Crippen LogP contribution in [0.25, 0.3) is 32.3 Å². The van der Waals surface area contributed by atoms with Gasteiger partial charge in [0.15, 0.2) is 5.82 Å². The van der Waals surface area contributed by atoms with E-state index in [1.54, 1.807) is 12.3 Å². The van der Waals surface area contributed by atoms with E-state index in [1.165, 1.54) is 11.3 Å². The Hall–Kier alpha value is -4.25. The Labute approximate surface area is 236 Å². The maximum atomic E-state index is 13.6. The number of nitrogens with zero attached hydrogens (tertiary/aromatic N) is 5. The topological polar surface area (TPSA) is 116 Å². The van der Waals surface area contributed by atoms with Gasteiger partial charge in [0.2, 0.25) is 0 Å². The fourth-order valence-corrected chi connectivity index (χ4v) is 5.65. The van der Waals surface area contributed by atoms with Crippen molar-refractivity contribution in [2.75, 3.05) is 36.8 Å². The molecule has 3 N–H and O–H groups in total. The highest BCUT2D eigenvalue weighted by Crippen LogP contribution is 2.34. The second-order valence-electron chi connectivity index (χ2n) is 9.67. The fourth-order valence-electron chi connectivity index (χ4n) is 4.71. The predicted molar refractivity (Wildman–Crippen MR) is 158 cm³/mol. The number of fused-ring (bicyclic) bond motifs is 1. The van der Waals surface area contributed by atoms with Crippen molar-refractivity contribution in [3.05, 3.63) is 84.7 Å². The minimum absolute atomic E-state index is 0.197. The molecule has 1 fully saturated rings. The monoisotopic (exact) mass is 551 g/mol. The highest BCUT2D eigenvalue weighted by molar-refractivity contribution is 7.21. The predicted octanol–water partition coefficient (Wildman–Crippen LogP) is 4.94. The zero-order chi connectivity index (χ0) is 27.3. The molecule has 0 atom stereocenters. The lowest BCUT2D eigenvalue weighted by Gasteiger charge is -2.29. The normalized spacial score (nSPS) is 14.3. The van der Waals surface area contributed by atoms with Crippen molar-refractivity contribution in [2.24, 2.45) is 0 Å². The second kappa shape index (κ2) is 11.9. The van der Waals surface area contributed by atoms with Crippen molar-refractivity contribution < 1.29 is 9.90 Å². The molecule has 0 aliphatic carbocycles. The number of para-hydroxylation sites is 1. The van der Waals surface area contributed by atoms with E-state index in [0.29, 0.717) is 23.9 Å². The number of amides is 1. The average Bonchev–Trinajstić information content (AvgIpc) is 3.43. The van der Waals surface area contributed by atoms with Crippen LogP contribution >= 0.6 is 11.3 Å². The maximum absolute atomic E-state index is 13.6. The van der Waals surface area contributed by atoms with Gasteiger partial charge in [0, 0.05) is 49.6 Å². The van der Waals surface area contributed by atoms with Crippen LogP contribution in [-0.4, -0.2) is 68.1 Å². The molecule has 6 rings (SSSR count). The summed E-state index contributed by atoms with van der Waals surface area (Å²) >= 11 is 1.48. The Morgan fingerprint density at radius 3 is 2.60 bits per heavy atom. The third kappa shape index (κ3) is 5.99. The Morgan fingerprint density at radius 1 is 0.975 bits per heavy atom. The first kappa shape index (κ1) is 26.0. The van der Waals surface area contributed by atoms with Crippen molar-refractivity contribution in [2.45, 2.75) is 18.9 Å². The minimum Gasteiger partial charge on any atom is -0.393 e. The Morgan fingerprint density at radius 2 is 1.77 bits per heavy atom. The first-order valence-electron chi connectivity index (χ1n) is 13.3. The smallest absolute Gasteiger partial charge is 0.274 e. The van der Waals surface area contributed by atoms with E-state index in [9.17, 15) is 9.90 Å². The Bertz CT molecular complexity index is 1580. The van der Waals surface area contributed by atoms with Gasteiger partial charge in [-0.1, -0.05) is 53.8 Å². The molecule has 0 unspecified atom stereocenters. The van der Waals surface area contributed by atoms with Crippen molar-refractivity contribution in [3.63, 3.8) is 0 Å². The summed E-state index contributed by atoms with van der Waals surface area (Å²) in [5.74, 6) is 0.725. The summed E-state index contributed by atoms with van der Waals surface area (Å²) in [7, 11) is 0. The van der Waals surface area contributed by atoms with E-state index in [2.05, 4.69) is 25.5 Å². The highest BCUT2D eigenvalue weighted by Gasteiger charge is 2.18. The summed E-state index contributed by atoms with van der Waals surface area (Å²) in [6.07, 6.45) is 3.15. The molecule has 1 aliphatic heterocycles. The second-order valence-corrected chi connectivity index (χ2v) is 10.7. The zero-order valence-electron chi connectivity index (χ0n) is 21.8. The van der Waals surface area contributed by atoms with Crippen molar-refractivity contribution >= 4 is 39.1 Å². The molecule has 0 bridgehead atoms. The number of aromatic nitrogens is 4. The molecule has 4 heterocycles. The van der Waals surface area contributed by atoms with Gasteiger partial charge in [-0.15, -0.1) is 0 Å². The zero-order valence-corrected chi connectivity index (χ0v) is 22.6. The lowest BCUT2D eigenvalue weighted by Crippen LogP contribution is -2.38. The molecular formula is C30H29N7O2S. The quantitative estimate of drug-likeness (QED) is 0.248. The van der Waals surface area contributed by atoms with Crippen molar-refractivity contribution in [3.8, 4) is 22.0 Å². The van der Waals surface area contributed by atoms with Gasteiger partial charge in [-0.3, -0.25) is 4.79 Å². The molecule has 202 valence electrons. The van der Waals surface area contributed by atoms with Crippen LogP contribution in [0.1, 0.15) is 23.3 Å². The van der Waals surface area contributed by atoms with Crippen LogP contribution in [0.3, 0.4) is 0 Å². The first-order valence-corrected chi connectivity index (χ1v) is 14.1. The number of hydrogen-bond donors (Lipinski definition) is 3. The minimum atomic E-state index is -0.334. The molecule has 3 aromatic heterocycles.